The van der Waals surface area contributed by atoms with Crippen LogP contribution in [0.2, 0.25) is 0 Å². The molecule has 8 nitrogen and oxygen atoms in total. The molecule has 0 aliphatic carbocycles. The molecule has 0 fully saturated rings. The molecular weight excluding hydrogens is 356 g/mol. The highest BCUT2D eigenvalue weighted by molar-refractivity contribution is 7.90. The van der Waals surface area contributed by atoms with Crippen molar-refractivity contribution in [2.75, 3.05) is 5.32 Å². The fourth-order valence-corrected chi connectivity index (χ4v) is 3.28. The number of sulfone groups is 1. The summed E-state index contributed by atoms with van der Waals surface area (Å²) in [7, 11) is -3.63. The van der Waals surface area contributed by atoms with E-state index in [4.69, 9.17) is 9.68 Å². The number of carbonyl (C=O) groups excluding carboxylic acids is 1. The number of amides is 1. The number of nitriles is 1. The quantitative estimate of drug-likeness (QED) is 0.731. The van der Waals surface area contributed by atoms with Crippen LogP contribution in [0.3, 0.4) is 0 Å². The molecule has 26 heavy (non-hydrogen) atoms. The Morgan fingerprint density at radius 3 is 2.42 bits per heavy atom. The van der Waals surface area contributed by atoms with Gasteiger partial charge in [-0.05, 0) is 36.4 Å². The van der Waals surface area contributed by atoms with Gasteiger partial charge in [0, 0.05) is 5.56 Å². The number of hydrogen-bond acceptors (Lipinski definition) is 7. The molecule has 0 saturated heterocycles. The zero-order valence-corrected chi connectivity index (χ0v) is 14.1. The third-order valence-corrected chi connectivity index (χ3v) is 5.00. The Morgan fingerprint density at radius 1 is 1.08 bits per heavy atom. The van der Waals surface area contributed by atoms with E-state index in [1.165, 1.54) is 36.4 Å². The standard InChI is InChI=1S/C17H12N4O4S/c18-10-12-6-8-13(9-7-12)16(22)19-17-21-20-15(25-17)11-26(23,24)14-4-2-1-3-5-14/h1-9H,11H2,(H,19,21,22). The minimum absolute atomic E-state index is 0.135. The van der Waals surface area contributed by atoms with Gasteiger partial charge >= 0.3 is 6.01 Å². The number of aromatic nitrogens is 2. The summed E-state index contributed by atoms with van der Waals surface area (Å²) in [5.41, 5.74) is 0.716. The van der Waals surface area contributed by atoms with Crippen LogP contribution in [-0.4, -0.2) is 24.5 Å². The van der Waals surface area contributed by atoms with Crippen molar-refractivity contribution in [2.24, 2.45) is 0 Å². The molecule has 0 aliphatic rings. The van der Waals surface area contributed by atoms with E-state index in [0.717, 1.165) is 0 Å². The van der Waals surface area contributed by atoms with Gasteiger partial charge in [-0.3, -0.25) is 10.1 Å². The van der Waals surface area contributed by atoms with Crippen LogP contribution in [0.5, 0.6) is 0 Å². The molecule has 2 aromatic carbocycles. The van der Waals surface area contributed by atoms with E-state index in [0.29, 0.717) is 11.1 Å². The Labute approximate surface area is 149 Å². The van der Waals surface area contributed by atoms with Gasteiger partial charge in [0.1, 0.15) is 5.75 Å². The third-order valence-electron chi connectivity index (χ3n) is 3.38. The molecule has 3 rings (SSSR count). The van der Waals surface area contributed by atoms with Gasteiger partial charge in [-0.2, -0.15) is 5.26 Å². The first-order valence-electron chi connectivity index (χ1n) is 7.39. The average molecular weight is 368 g/mol. The summed E-state index contributed by atoms with van der Waals surface area (Å²) < 4.78 is 29.7. The Hall–Kier alpha value is -3.51. The SMILES string of the molecule is N#Cc1ccc(C(=O)Nc2nnc(CS(=O)(=O)c3ccccc3)o2)cc1. The highest BCUT2D eigenvalue weighted by Crippen LogP contribution is 2.17. The largest absolute Gasteiger partial charge is 0.407 e. The van der Waals surface area contributed by atoms with Crippen molar-refractivity contribution in [3.8, 4) is 6.07 Å². The van der Waals surface area contributed by atoms with Crippen LogP contribution in [0.4, 0.5) is 6.01 Å². The molecule has 0 saturated carbocycles. The maximum Gasteiger partial charge on any atom is 0.322 e. The van der Waals surface area contributed by atoms with Crippen molar-refractivity contribution >= 4 is 21.8 Å². The first-order valence-corrected chi connectivity index (χ1v) is 9.05. The summed E-state index contributed by atoms with van der Waals surface area (Å²) in [6.45, 7) is 0. The van der Waals surface area contributed by atoms with Crippen molar-refractivity contribution in [3.63, 3.8) is 0 Å². The number of rotatable bonds is 5. The summed E-state index contributed by atoms with van der Waals surface area (Å²) in [4.78, 5) is 12.2. The molecule has 1 amide bonds. The lowest BCUT2D eigenvalue weighted by molar-refractivity contribution is 0.102. The van der Waals surface area contributed by atoms with Crippen LogP contribution in [0, 0.1) is 11.3 Å². The molecule has 130 valence electrons. The number of nitrogens with zero attached hydrogens (tertiary/aromatic N) is 3. The van der Waals surface area contributed by atoms with Crippen LogP contribution >= 0.6 is 0 Å². The smallest absolute Gasteiger partial charge is 0.322 e. The van der Waals surface area contributed by atoms with E-state index < -0.39 is 21.5 Å². The number of hydrogen-bond donors (Lipinski definition) is 1. The van der Waals surface area contributed by atoms with Gasteiger partial charge in [0.2, 0.25) is 5.89 Å². The molecule has 0 unspecified atom stereocenters. The van der Waals surface area contributed by atoms with Crippen molar-refractivity contribution in [2.45, 2.75) is 10.6 Å². The first-order chi connectivity index (χ1) is 12.5. The molecular formula is C17H12N4O4S. The molecule has 1 aromatic heterocycles. The highest BCUT2D eigenvalue weighted by atomic mass is 32.2. The zero-order valence-electron chi connectivity index (χ0n) is 13.3. The summed E-state index contributed by atoms with van der Waals surface area (Å²) in [6, 6.07) is 15.6. The lowest BCUT2D eigenvalue weighted by Gasteiger charge is -2.01. The molecule has 1 heterocycles. The van der Waals surface area contributed by atoms with Crippen LogP contribution in [0.1, 0.15) is 21.8 Å². The van der Waals surface area contributed by atoms with Crippen molar-refractivity contribution < 1.29 is 17.6 Å². The Bertz CT molecular complexity index is 1070. The molecule has 3 aromatic rings. The minimum atomic E-state index is -3.63. The lowest BCUT2D eigenvalue weighted by Crippen LogP contribution is -2.12. The van der Waals surface area contributed by atoms with Gasteiger partial charge in [-0.15, -0.1) is 5.10 Å². The van der Waals surface area contributed by atoms with Gasteiger partial charge in [-0.25, -0.2) is 8.42 Å². The van der Waals surface area contributed by atoms with Crippen LogP contribution in [-0.2, 0) is 15.6 Å². The van der Waals surface area contributed by atoms with Crippen molar-refractivity contribution in [1.29, 1.82) is 5.26 Å². The van der Waals surface area contributed by atoms with Crippen molar-refractivity contribution in [1.82, 2.24) is 10.2 Å². The van der Waals surface area contributed by atoms with Crippen LogP contribution < -0.4 is 5.32 Å². The summed E-state index contributed by atoms with van der Waals surface area (Å²) in [6.07, 6.45) is 0. The van der Waals surface area contributed by atoms with E-state index in [9.17, 15) is 13.2 Å². The van der Waals surface area contributed by atoms with E-state index in [1.54, 1.807) is 18.2 Å². The van der Waals surface area contributed by atoms with Crippen LogP contribution in [0.25, 0.3) is 0 Å². The highest BCUT2D eigenvalue weighted by Gasteiger charge is 2.20. The van der Waals surface area contributed by atoms with Gasteiger partial charge in [0.05, 0.1) is 16.5 Å². The van der Waals surface area contributed by atoms with E-state index in [1.807, 2.05) is 6.07 Å². The van der Waals surface area contributed by atoms with Gasteiger partial charge in [0.15, 0.2) is 9.84 Å². The number of nitrogens with one attached hydrogen (secondary N) is 1. The first kappa shape index (κ1) is 17.3. The number of benzene rings is 2. The number of anilines is 1. The fourth-order valence-electron chi connectivity index (χ4n) is 2.10. The fraction of sp³-hybridized carbons (Fsp3) is 0.0588. The van der Waals surface area contributed by atoms with Gasteiger partial charge < -0.3 is 4.42 Å². The van der Waals surface area contributed by atoms with E-state index >= 15 is 0 Å². The average Bonchev–Trinajstić information content (AvgIpc) is 3.08. The molecule has 1 N–H and O–H groups in total. The predicted molar refractivity (Wildman–Crippen MR) is 90.7 cm³/mol. The Balaban J connectivity index is 1.70. The van der Waals surface area contributed by atoms with Gasteiger partial charge in [-0.1, -0.05) is 23.3 Å². The molecule has 0 aliphatic heterocycles. The second-order valence-electron chi connectivity index (χ2n) is 5.22. The van der Waals surface area contributed by atoms with Gasteiger partial charge in [0.25, 0.3) is 5.91 Å². The topological polar surface area (TPSA) is 126 Å². The molecule has 9 heteroatoms. The van der Waals surface area contributed by atoms with Crippen molar-refractivity contribution in [3.05, 3.63) is 71.6 Å². The maximum atomic E-state index is 12.3. The van der Waals surface area contributed by atoms with Crippen LogP contribution in [0.15, 0.2) is 63.9 Å². The second kappa shape index (κ2) is 7.16. The lowest BCUT2D eigenvalue weighted by atomic mass is 10.1. The zero-order chi connectivity index (χ0) is 18.6. The molecule has 0 bridgehead atoms. The maximum absolute atomic E-state index is 12.3. The molecule has 0 atom stereocenters. The molecule has 0 radical (unpaired) electrons. The second-order valence-corrected chi connectivity index (χ2v) is 7.21. The normalized spacial score (nSPS) is 10.9. The summed E-state index contributed by atoms with van der Waals surface area (Å²) in [5.74, 6) is -1.13. The summed E-state index contributed by atoms with van der Waals surface area (Å²) in [5, 5.41) is 18.4. The third kappa shape index (κ3) is 3.93. The number of carbonyl (C=O) groups is 1. The Morgan fingerprint density at radius 2 is 1.77 bits per heavy atom. The summed E-state index contributed by atoms with van der Waals surface area (Å²) >= 11 is 0. The monoisotopic (exact) mass is 368 g/mol. The Kier molecular flexibility index (Phi) is 4.77. The molecule has 0 spiro atoms. The van der Waals surface area contributed by atoms with E-state index in [-0.39, 0.29) is 16.8 Å². The van der Waals surface area contributed by atoms with E-state index in [2.05, 4.69) is 15.5 Å². The minimum Gasteiger partial charge on any atom is -0.407 e. The predicted octanol–water partition coefficient (Wildman–Crippen LogP) is 2.17.